The summed E-state index contributed by atoms with van der Waals surface area (Å²) in [7, 11) is 0. The summed E-state index contributed by atoms with van der Waals surface area (Å²) in [6, 6.07) is 13.7. The van der Waals surface area contributed by atoms with E-state index in [4.69, 9.17) is 0 Å². The normalized spacial score (nSPS) is 24.5. The Morgan fingerprint density at radius 1 is 0.935 bits per heavy atom. The van der Waals surface area contributed by atoms with Crippen LogP contribution in [0.4, 0.5) is 0 Å². The molecule has 3 heteroatoms. The number of rotatable bonds is 0. The molecule has 2 aromatic carbocycles. The molecule has 1 fully saturated rings. The van der Waals surface area contributed by atoms with Crippen molar-refractivity contribution >= 4 is 8.78 Å². The second kappa shape index (κ2) is 14.1. The van der Waals surface area contributed by atoms with Crippen molar-refractivity contribution in [2.45, 2.75) is 129 Å². The number of allylic oxidation sites excluding steroid dienone is 6. The Kier molecular flexibility index (Phi) is 12.6. The quantitative estimate of drug-likeness (QED) is 0.290. The molecule has 0 amide bonds. The summed E-state index contributed by atoms with van der Waals surface area (Å²) in [5.41, 5.74) is 14.9. The van der Waals surface area contributed by atoms with Gasteiger partial charge in [0, 0.05) is 0 Å². The molecule has 0 aromatic heterocycles. The van der Waals surface area contributed by atoms with E-state index >= 15 is 0 Å². The molecule has 0 nitrogen and oxygen atoms in total. The van der Waals surface area contributed by atoms with Gasteiger partial charge in [-0.15, -0.1) is 6.92 Å². The van der Waals surface area contributed by atoms with Crippen molar-refractivity contribution in [2.75, 3.05) is 0 Å². The first-order chi connectivity index (χ1) is 20.1. The van der Waals surface area contributed by atoms with Crippen LogP contribution in [-0.4, -0.2) is 3.21 Å². The molecule has 2 aromatic rings. The van der Waals surface area contributed by atoms with Crippen molar-refractivity contribution in [3.05, 3.63) is 99.0 Å². The van der Waals surface area contributed by atoms with Gasteiger partial charge in [-0.1, -0.05) is 153 Å². The van der Waals surface area contributed by atoms with Crippen molar-refractivity contribution in [3.63, 3.8) is 0 Å². The number of benzene rings is 1. The first kappa shape index (κ1) is 41.2. The summed E-state index contributed by atoms with van der Waals surface area (Å²) in [6.45, 7) is 35.7. The molecule has 0 aliphatic heterocycles. The molecule has 0 bridgehead atoms. The van der Waals surface area contributed by atoms with Gasteiger partial charge in [-0.2, -0.15) is 33.9 Å². The molecule has 252 valence electrons. The fourth-order valence-electron chi connectivity index (χ4n) is 9.18. The molecule has 4 aliphatic carbocycles. The number of fused-ring (bicyclic) bond motifs is 6. The first-order valence-corrected chi connectivity index (χ1v) is 18.2. The minimum absolute atomic E-state index is 0. The fraction of sp³-hybridized carbons (Fsp3) is 0.558. The maximum atomic E-state index is 2.62. The average molecular weight is 739 g/mol. The number of aryl methyl sites for hydroxylation is 2. The van der Waals surface area contributed by atoms with E-state index in [1.807, 2.05) is 0 Å². The van der Waals surface area contributed by atoms with E-state index in [1.54, 1.807) is 52.4 Å². The van der Waals surface area contributed by atoms with Gasteiger partial charge in [-0.05, 0) is 40.6 Å². The third-order valence-corrected chi connectivity index (χ3v) is 12.8. The van der Waals surface area contributed by atoms with Gasteiger partial charge >= 0.3 is 41.3 Å². The number of halogens is 2. The van der Waals surface area contributed by atoms with Crippen LogP contribution in [-0.2, 0) is 36.1 Å². The molecule has 2 atom stereocenters. The van der Waals surface area contributed by atoms with Gasteiger partial charge < -0.3 is 24.8 Å². The number of hydrogen-bond acceptors (Lipinski definition) is 0. The summed E-state index contributed by atoms with van der Waals surface area (Å²) < 4.78 is 1.51. The minimum atomic E-state index is 0. The predicted octanol–water partition coefficient (Wildman–Crippen LogP) is 6.04. The first-order valence-electron chi connectivity index (χ1n) is 17.0. The van der Waals surface area contributed by atoms with Crippen LogP contribution in [0.5, 0.6) is 0 Å². The van der Waals surface area contributed by atoms with Gasteiger partial charge in [0.2, 0.25) is 0 Å². The van der Waals surface area contributed by atoms with Crippen LogP contribution >= 0.6 is 0 Å². The molecular formula is C43H60Cl2Zr-2. The van der Waals surface area contributed by atoms with E-state index in [0.717, 1.165) is 6.42 Å². The zero-order chi connectivity index (χ0) is 33.2. The summed E-state index contributed by atoms with van der Waals surface area (Å²) in [6.07, 6.45) is 8.50. The van der Waals surface area contributed by atoms with Gasteiger partial charge in [0.25, 0.3) is 0 Å². The topological polar surface area (TPSA) is 0 Å². The molecule has 1 saturated carbocycles. The number of hydrogen-bond donors (Lipinski definition) is 0. The molecule has 0 heterocycles. The van der Waals surface area contributed by atoms with Crippen molar-refractivity contribution in [1.29, 1.82) is 0 Å². The Bertz CT molecular complexity index is 1530. The smallest absolute Gasteiger partial charge is 0.0632 e. The maximum absolute atomic E-state index is 2.62. The van der Waals surface area contributed by atoms with Crippen LogP contribution in [0.1, 0.15) is 131 Å². The predicted molar refractivity (Wildman–Crippen MR) is 191 cm³/mol. The van der Waals surface area contributed by atoms with E-state index in [0.29, 0.717) is 11.3 Å². The summed E-state index contributed by atoms with van der Waals surface area (Å²) >= 11 is 1.55. The van der Waals surface area contributed by atoms with E-state index in [9.17, 15) is 0 Å². The third-order valence-electron chi connectivity index (χ3n) is 12.8. The molecule has 46 heavy (non-hydrogen) atoms. The van der Waals surface area contributed by atoms with Gasteiger partial charge in [0.05, 0.1) is 0 Å². The standard InChI is InChI=1S/C29H37.C11H17.C3H6.2ClH.Zr/c1-18-25-22-17-19-13-9-10-14-20(19)24(22)21-15-11-12-16-23(21)29(25,8)28(6,7)27(4,5)26(18,2)3;1-8-6-9(2)10(7-8)11(3,4)5;1-3-2;;;/h9-11,13-15,23H,12,16-17H2,1-8H3;6-7H,1-5H3;1-2H3;2*1H;/q2*-1;;;;+2/p-2. The average Bonchev–Trinajstić information content (AvgIpc) is 3.47. The summed E-state index contributed by atoms with van der Waals surface area (Å²) in [5.74, 6) is 2.24. The SMILES string of the molecule is C[C-]1C2=C3Cc4ccccc4C3=C3C=CCCC3C2(C)C(C)(C)C(C)(C)C1(C)C.C[C](C)=[Zr+2].Cc1cc(C(C)(C)C)c(C)[cH-]1.[Cl-].[Cl-]. The van der Waals surface area contributed by atoms with E-state index in [1.165, 1.54) is 43.9 Å². The van der Waals surface area contributed by atoms with Crippen LogP contribution in [0.15, 0.2) is 65.3 Å². The Morgan fingerprint density at radius 2 is 1.50 bits per heavy atom. The van der Waals surface area contributed by atoms with Crippen LogP contribution in [0.25, 0.3) is 5.57 Å². The molecular weight excluding hydrogens is 679 g/mol. The van der Waals surface area contributed by atoms with Crippen LogP contribution in [0, 0.1) is 47.3 Å². The molecule has 0 radical (unpaired) electrons. The molecule has 0 spiro atoms. The third kappa shape index (κ3) is 6.50. The zero-order valence-electron chi connectivity index (χ0n) is 31.6. The Morgan fingerprint density at radius 3 is 2.00 bits per heavy atom. The van der Waals surface area contributed by atoms with Crippen molar-refractivity contribution < 1.29 is 49.0 Å². The van der Waals surface area contributed by atoms with E-state index < -0.39 is 0 Å². The second-order valence-electron chi connectivity index (χ2n) is 17.1. The van der Waals surface area contributed by atoms with Gasteiger partial charge in [0.1, 0.15) is 0 Å². The van der Waals surface area contributed by atoms with Gasteiger partial charge in [-0.3, -0.25) is 0 Å². The van der Waals surface area contributed by atoms with Gasteiger partial charge in [-0.25, -0.2) is 12.0 Å². The summed E-state index contributed by atoms with van der Waals surface area (Å²) in [4.78, 5) is 0. The van der Waals surface area contributed by atoms with Crippen molar-refractivity contribution in [3.8, 4) is 0 Å². The molecule has 0 saturated heterocycles. The van der Waals surface area contributed by atoms with Crippen LogP contribution < -0.4 is 24.8 Å². The largest absolute Gasteiger partial charge is 1.00 e. The Labute approximate surface area is 310 Å². The molecule has 4 aliphatic rings. The van der Waals surface area contributed by atoms with Crippen molar-refractivity contribution in [1.82, 2.24) is 0 Å². The Hall–Kier alpha value is -1.01. The van der Waals surface area contributed by atoms with Gasteiger partial charge in [0.15, 0.2) is 0 Å². The molecule has 0 N–H and O–H groups in total. The summed E-state index contributed by atoms with van der Waals surface area (Å²) in [5, 5.41) is 0. The van der Waals surface area contributed by atoms with E-state index in [-0.39, 0.29) is 46.5 Å². The molecule has 2 unspecified atom stereocenters. The minimum Gasteiger partial charge on any atom is -1.00 e. The second-order valence-corrected chi connectivity index (χ2v) is 19.6. The van der Waals surface area contributed by atoms with Crippen molar-refractivity contribution in [2.24, 2.45) is 27.6 Å². The Balaban J connectivity index is 0.000000365. The maximum Gasteiger partial charge on any atom is -0.0632 e. The van der Waals surface area contributed by atoms with E-state index in [2.05, 4.69) is 152 Å². The monoisotopic (exact) mass is 736 g/mol. The fourth-order valence-corrected chi connectivity index (χ4v) is 9.18. The van der Waals surface area contributed by atoms with Crippen LogP contribution in [0.2, 0.25) is 0 Å². The van der Waals surface area contributed by atoms with Crippen LogP contribution in [0.3, 0.4) is 0 Å². The molecule has 6 rings (SSSR count). The zero-order valence-corrected chi connectivity index (χ0v) is 35.5.